The lowest BCUT2D eigenvalue weighted by Crippen LogP contribution is -2.28. The Balaban J connectivity index is 1.77. The first kappa shape index (κ1) is 14.8. The van der Waals surface area contributed by atoms with E-state index in [9.17, 15) is 9.59 Å². The largest absolute Gasteiger partial charge is 0.492 e. The quantitative estimate of drug-likeness (QED) is 0.632. The van der Waals surface area contributed by atoms with E-state index in [4.69, 9.17) is 4.74 Å². The molecule has 0 aliphatic carbocycles. The average Bonchev–Trinajstić information content (AvgIpc) is 2.93. The number of carbonyl (C=O) groups is 2. The van der Waals surface area contributed by atoms with Gasteiger partial charge in [0, 0.05) is 11.8 Å². The number of aromatic amines is 1. The number of Topliss-reactive ketones (excluding diaryl/α,β-unsaturated/α-hetero) is 1. The summed E-state index contributed by atoms with van der Waals surface area (Å²) in [4.78, 5) is 25.8. The third-order valence-corrected chi connectivity index (χ3v) is 2.98. The number of hydrogen-bond acceptors (Lipinski definition) is 3. The van der Waals surface area contributed by atoms with Gasteiger partial charge in [-0.05, 0) is 37.6 Å². The summed E-state index contributed by atoms with van der Waals surface area (Å²) in [6.45, 7) is 4.23. The minimum absolute atomic E-state index is 0.0759. The fraction of sp³-hybridized carbons (Fsp3) is 0.250. The molecule has 0 unspecified atom stereocenters. The molecule has 0 atom stereocenters. The van der Waals surface area contributed by atoms with E-state index in [0.717, 1.165) is 11.3 Å². The van der Waals surface area contributed by atoms with Crippen LogP contribution in [0.1, 0.15) is 33.3 Å². The van der Waals surface area contributed by atoms with Gasteiger partial charge in [-0.25, -0.2) is 0 Å². The van der Waals surface area contributed by atoms with Gasteiger partial charge in [-0.15, -0.1) is 0 Å². The molecule has 0 fully saturated rings. The zero-order valence-corrected chi connectivity index (χ0v) is 12.1. The lowest BCUT2D eigenvalue weighted by Gasteiger charge is -2.07. The number of hydrogen-bond donors (Lipinski definition) is 2. The van der Waals surface area contributed by atoms with Crippen LogP contribution in [0.4, 0.5) is 0 Å². The standard InChI is InChI=1S/C16H18N2O3/c1-11-4-3-5-14(8-11)21-7-6-17-16(20)15-9-13(10-18-15)12(2)19/h3-5,8-10,18H,6-7H2,1-2H3,(H,17,20). The van der Waals surface area contributed by atoms with Crippen LogP contribution >= 0.6 is 0 Å². The molecule has 1 heterocycles. The molecule has 2 N–H and O–H groups in total. The molecule has 1 aromatic carbocycles. The second-order valence-electron chi connectivity index (χ2n) is 4.78. The van der Waals surface area contributed by atoms with Crippen LogP contribution in [0, 0.1) is 6.92 Å². The van der Waals surface area contributed by atoms with Crippen LogP contribution in [-0.4, -0.2) is 29.8 Å². The summed E-state index contributed by atoms with van der Waals surface area (Å²) >= 11 is 0. The summed E-state index contributed by atoms with van der Waals surface area (Å²) < 4.78 is 5.54. The monoisotopic (exact) mass is 286 g/mol. The number of benzene rings is 1. The van der Waals surface area contributed by atoms with Crippen LogP contribution in [0.25, 0.3) is 0 Å². The third kappa shape index (κ3) is 4.21. The van der Waals surface area contributed by atoms with Gasteiger partial charge < -0.3 is 15.0 Å². The first-order valence-corrected chi connectivity index (χ1v) is 6.73. The molecule has 0 radical (unpaired) electrons. The van der Waals surface area contributed by atoms with Gasteiger partial charge in [0.15, 0.2) is 5.78 Å². The average molecular weight is 286 g/mol. The van der Waals surface area contributed by atoms with Crippen molar-refractivity contribution in [3.8, 4) is 5.75 Å². The Hall–Kier alpha value is -2.56. The van der Waals surface area contributed by atoms with E-state index in [2.05, 4.69) is 10.3 Å². The number of H-pyrrole nitrogens is 1. The van der Waals surface area contributed by atoms with Crippen LogP contribution in [0.3, 0.4) is 0 Å². The minimum Gasteiger partial charge on any atom is -0.492 e. The van der Waals surface area contributed by atoms with E-state index in [1.807, 2.05) is 31.2 Å². The molecule has 110 valence electrons. The van der Waals surface area contributed by atoms with E-state index in [1.165, 1.54) is 13.1 Å². The Morgan fingerprint density at radius 2 is 2.10 bits per heavy atom. The van der Waals surface area contributed by atoms with Crippen molar-refractivity contribution in [2.45, 2.75) is 13.8 Å². The Labute approximate surface area is 123 Å². The van der Waals surface area contributed by atoms with Crippen molar-refractivity contribution in [3.63, 3.8) is 0 Å². The van der Waals surface area contributed by atoms with E-state index in [1.54, 1.807) is 6.07 Å². The van der Waals surface area contributed by atoms with Crippen molar-refractivity contribution in [1.82, 2.24) is 10.3 Å². The van der Waals surface area contributed by atoms with Gasteiger partial charge in [-0.2, -0.15) is 0 Å². The van der Waals surface area contributed by atoms with E-state index in [0.29, 0.717) is 24.4 Å². The summed E-state index contributed by atoms with van der Waals surface area (Å²) in [5.41, 5.74) is 1.99. The number of nitrogens with one attached hydrogen (secondary N) is 2. The number of aryl methyl sites for hydroxylation is 1. The molecule has 2 aromatic rings. The fourth-order valence-electron chi connectivity index (χ4n) is 1.86. The maximum atomic E-state index is 11.8. The van der Waals surface area contributed by atoms with Crippen molar-refractivity contribution in [1.29, 1.82) is 0 Å². The van der Waals surface area contributed by atoms with Crippen LogP contribution in [0.15, 0.2) is 36.5 Å². The lowest BCUT2D eigenvalue weighted by atomic mass is 10.2. The minimum atomic E-state index is -0.254. The van der Waals surface area contributed by atoms with Crippen LogP contribution in [0.2, 0.25) is 0 Å². The number of ether oxygens (including phenoxy) is 1. The van der Waals surface area contributed by atoms with Gasteiger partial charge in [-0.3, -0.25) is 9.59 Å². The van der Waals surface area contributed by atoms with Gasteiger partial charge in [0.1, 0.15) is 18.1 Å². The molecule has 0 saturated heterocycles. The maximum Gasteiger partial charge on any atom is 0.267 e. The topological polar surface area (TPSA) is 71.2 Å². The van der Waals surface area contributed by atoms with Crippen molar-refractivity contribution in [2.75, 3.05) is 13.2 Å². The maximum absolute atomic E-state index is 11.8. The lowest BCUT2D eigenvalue weighted by molar-refractivity contribution is 0.0942. The second kappa shape index (κ2) is 6.74. The van der Waals surface area contributed by atoms with Gasteiger partial charge in [0.2, 0.25) is 0 Å². The highest BCUT2D eigenvalue weighted by atomic mass is 16.5. The number of amides is 1. The highest BCUT2D eigenvalue weighted by Gasteiger charge is 2.09. The highest BCUT2D eigenvalue weighted by molar-refractivity contribution is 5.99. The third-order valence-electron chi connectivity index (χ3n) is 2.98. The molecule has 0 spiro atoms. The summed E-state index contributed by atoms with van der Waals surface area (Å²) in [5, 5.41) is 2.73. The molecule has 0 aliphatic heterocycles. The van der Waals surface area contributed by atoms with Crippen LogP contribution in [-0.2, 0) is 0 Å². The van der Waals surface area contributed by atoms with Crippen molar-refractivity contribution in [2.24, 2.45) is 0 Å². The fourth-order valence-corrected chi connectivity index (χ4v) is 1.86. The first-order valence-electron chi connectivity index (χ1n) is 6.73. The second-order valence-corrected chi connectivity index (χ2v) is 4.78. The Bertz CT molecular complexity index is 646. The van der Waals surface area contributed by atoms with Gasteiger partial charge in [0.05, 0.1) is 6.54 Å². The van der Waals surface area contributed by atoms with Crippen molar-refractivity contribution in [3.05, 3.63) is 53.3 Å². The van der Waals surface area contributed by atoms with E-state index in [-0.39, 0.29) is 11.7 Å². The predicted molar refractivity (Wildman–Crippen MR) is 79.8 cm³/mol. The molecular formula is C16H18N2O3. The zero-order chi connectivity index (χ0) is 15.2. The van der Waals surface area contributed by atoms with Gasteiger partial charge in [-0.1, -0.05) is 12.1 Å². The number of carbonyl (C=O) groups excluding carboxylic acids is 2. The first-order chi connectivity index (χ1) is 10.1. The highest BCUT2D eigenvalue weighted by Crippen LogP contribution is 2.11. The summed E-state index contributed by atoms with van der Waals surface area (Å²) in [6, 6.07) is 9.27. The van der Waals surface area contributed by atoms with E-state index >= 15 is 0 Å². The molecule has 1 amide bonds. The molecule has 0 aliphatic rings. The molecule has 2 rings (SSSR count). The summed E-state index contributed by atoms with van der Waals surface area (Å²) in [7, 11) is 0. The number of ketones is 1. The van der Waals surface area contributed by atoms with Crippen LogP contribution in [0.5, 0.6) is 5.75 Å². The number of rotatable bonds is 6. The van der Waals surface area contributed by atoms with Gasteiger partial charge in [0.25, 0.3) is 5.91 Å². The normalized spacial score (nSPS) is 10.2. The Kier molecular flexibility index (Phi) is 4.77. The molecular weight excluding hydrogens is 268 g/mol. The zero-order valence-electron chi connectivity index (χ0n) is 12.1. The molecule has 0 saturated carbocycles. The Morgan fingerprint density at radius 1 is 1.29 bits per heavy atom. The number of aromatic nitrogens is 1. The van der Waals surface area contributed by atoms with Crippen molar-refractivity contribution < 1.29 is 14.3 Å². The van der Waals surface area contributed by atoms with Crippen molar-refractivity contribution >= 4 is 11.7 Å². The SMILES string of the molecule is CC(=O)c1c[nH]c(C(=O)NCCOc2cccc(C)c2)c1. The van der Waals surface area contributed by atoms with Crippen LogP contribution < -0.4 is 10.1 Å². The molecule has 21 heavy (non-hydrogen) atoms. The summed E-state index contributed by atoms with van der Waals surface area (Å²) in [5.74, 6) is 0.450. The predicted octanol–water partition coefficient (Wildman–Crippen LogP) is 2.33. The Morgan fingerprint density at radius 3 is 2.76 bits per heavy atom. The van der Waals surface area contributed by atoms with Gasteiger partial charge >= 0.3 is 0 Å². The summed E-state index contributed by atoms with van der Waals surface area (Å²) in [6.07, 6.45) is 1.53. The molecule has 5 nitrogen and oxygen atoms in total. The van der Waals surface area contributed by atoms with E-state index < -0.39 is 0 Å². The smallest absolute Gasteiger partial charge is 0.267 e. The molecule has 0 bridgehead atoms. The molecule has 5 heteroatoms. The molecule has 1 aromatic heterocycles.